The van der Waals surface area contributed by atoms with Gasteiger partial charge in [-0.2, -0.15) is 5.26 Å². The number of benzene rings is 2. The van der Waals surface area contributed by atoms with Crippen LogP contribution in [0.5, 0.6) is 0 Å². The largest absolute Gasteiger partial charge is 0.272 e. The lowest BCUT2D eigenvalue weighted by Gasteiger charge is -2.09. The van der Waals surface area contributed by atoms with Crippen molar-refractivity contribution in [2.75, 3.05) is 0 Å². The minimum absolute atomic E-state index is 0.171. The van der Waals surface area contributed by atoms with Crippen LogP contribution in [0.15, 0.2) is 30.3 Å². The SMILES string of the molecule is N#Cc1cc(-c2c(Cl)cc([N+](=O)[O-])cc2Cl)ccc1CBr. The molecule has 0 aliphatic carbocycles. The molecular weight excluding hydrogens is 379 g/mol. The van der Waals surface area contributed by atoms with Crippen LogP contribution in [0.1, 0.15) is 11.1 Å². The Hall–Kier alpha value is -1.61. The molecule has 0 atom stereocenters. The predicted molar refractivity (Wildman–Crippen MR) is 85.9 cm³/mol. The van der Waals surface area contributed by atoms with E-state index < -0.39 is 4.92 Å². The fourth-order valence-corrected chi connectivity index (χ4v) is 3.08. The third-order valence-electron chi connectivity index (χ3n) is 2.90. The minimum atomic E-state index is -0.559. The fraction of sp³-hybridized carbons (Fsp3) is 0.0714. The molecule has 0 unspecified atom stereocenters. The van der Waals surface area contributed by atoms with Crippen LogP contribution < -0.4 is 0 Å². The van der Waals surface area contributed by atoms with Crippen molar-refractivity contribution < 1.29 is 4.92 Å². The molecule has 0 amide bonds. The molecule has 2 aromatic rings. The zero-order valence-corrected chi connectivity index (χ0v) is 13.5. The smallest absolute Gasteiger partial charge is 0.258 e. The lowest BCUT2D eigenvalue weighted by molar-refractivity contribution is -0.384. The number of alkyl halides is 1. The molecule has 7 heteroatoms. The van der Waals surface area contributed by atoms with Crippen LogP contribution in [-0.2, 0) is 5.33 Å². The van der Waals surface area contributed by atoms with E-state index in [1.807, 2.05) is 0 Å². The van der Waals surface area contributed by atoms with Gasteiger partial charge in [-0.15, -0.1) is 0 Å². The molecule has 0 fully saturated rings. The number of nitrogens with zero attached hydrogens (tertiary/aromatic N) is 2. The van der Waals surface area contributed by atoms with Crippen LogP contribution >= 0.6 is 39.1 Å². The molecule has 0 aliphatic heterocycles. The molecule has 0 saturated heterocycles. The average molecular weight is 386 g/mol. The molecule has 0 aliphatic rings. The van der Waals surface area contributed by atoms with Crippen molar-refractivity contribution in [1.82, 2.24) is 0 Å². The Labute approximate surface area is 139 Å². The molecule has 0 aromatic heterocycles. The molecular formula is C14H7BrCl2N2O2. The zero-order chi connectivity index (χ0) is 15.6. The second-order valence-electron chi connectivity index (χ2n) is 4.16. The number of non-ortho nitro benzene ring substituents is 1. The van der Waals surface area contributed by atoms with Crippen molar-refractivity contribution >= 4 is 44.8 Å². The highest BCUT2D eigenvalue weighted by Gasteiger charge is 2.16. The third-order valence-corrected chi connectivity index (χ3v) is 4.10. The van der Waals surface area contributed by atoms with Crippen LogP contribution in [-0.4, -0.2) is 4.92 Å². The molecule has 106 valence electrons. The number of nitriles is 1. The molecule has 2 aromatic carbocycles. The van der Waals surface area contributed by atoms with E-state index in [0.29, 0.717) is 22.0 Å². The maximum Gasteiger partial charge on any atom is 0.272 e. The lowest BCUT2D eigenvalue weighted by atomic mass is 10.00. The maximum absolute atomic E-state index is 10.8. The molecule has 21 heavy (non-hydrogen) atoms. The number of rotatable bonds is 3. The number of hydrogen-bond donors (Lipinski definition) is 0. The van der Waals surface area contributed by atoms with E-state index in [0.717, 1.165) is 5.56 Å². The van der Waals surface area contributed by atoms with Crippen molar-refractivity contribution in [3.63, 3.8) is 0 Å². The van der Waals surface area contributed by atoms with Gasteiger partial charge in [0.25, 0.3) is 5.69 Å². The molecule has 0 saturated carbocycles. The van der Waals surface area contributed by atoms with E-state index in [9.17, 15) is 10.1 Å². The van der Waals surface area contributed by atoms with Crippen LogP contribution in [0.2, 0.25) is 10.0 Å². The Morgan fingerprint density at radius 1 is 1.24 bits per heavy atom. The Morgan fingerprint density at radius 3 is 2.33 bits per heavy atom. The van der Waals surface area contributed by atoms with Crippen LogP contribution in [0.25, 0.3) is 11.1 Å². The van der Waals surface area contributed by atoms with E-state index in [-0.39, 0.29) is 15.7 Å². The Bertz CT molecular complexity index is 749. The van der Waals surface area contributed by atoms with Crippen LogP contribution in [0.4, 0.5) is 5.69 Å². The van der Waals surface area contributed by atoms with Crippen molar-refractivity contribution in [2.45, 2.75) is 5.33 Å². The van der Waals surface area contributed by atoms with Crippen molar-refractivity contribution in [2.24, 2.45) is 0 Å². The first kappa shape index (κ1) is 15.8. The molecule has 0 radical (unpaired) electrons. The van der Waals surface area contributed by atoms with Gasteiger partial charge in [-0.1, -0.05) is 51.3 Å². The first-order valence-corrected chi connectivity index (χ1v) is 7.58. The highest BCUT2D eigenvalue weighted by atomic mass is 79.9. The summed E-state index contributed by atoms with van der Waals surface area (Å²) in [5, 5.41) is 20.8. The fourth-order valence-electron chi connectivity index (χ4n) is 1.89. The van der Waals surface area contributed by atoms with Gasteiger partial charge in [0, 0.05) is 23.0 Å². The Balaban J connectivity index is 2.63. The summed E-state index contributed by atoms with van der Waals surface area (Å²) in [7, 11) is 0. The summed E-state index contributed by atoms with van der Waals surface area (Å²) in [5.41, 5.74) is 2.28. The number of hydrogen-bond acceptors (Lipinski definition) is 3. The van der Waals surface area contributed by atoms with Crippen LogP contribution in [0.3, 0.4) is 0 Å². The maximum atomic E-state index is 10.8. The van der Waals surface area contributed by atoms with E-state index in [1.54, 1.807) is 18.2 Å². The van der Waals surface area contributed by atoms with Gasteiger partial charge in [0.2, 0.25) is 0 Å². The number of nitro benzene ring substituents is 1. The molecule has 0 bridgehead atoms. The minimum Gasteiger partial charge on any atom is -0.258 e. The van der Waals surface area contributed by atoms with E-state index in [4.69, 9.17) is 28.5 Å². The van der Waals surface area contributed by atoms with E-state index in [2.05, 4.69) is 22.0 Å². The van der Waals surface area contributed by atoms with Gasteiger partial charge in [-0.05, 0) is 17.2 Å². The number of nitro groups is 1. The monoisotopic (exact) mass is 384 g/mol. The average Bonchev–Trinajstić information content (AvgIpc) is 2.46. The van der Waals surface area contributed by atoms with Gasteiger partial charge in [-0.25, -0.2) is 0 Å². The second kappa shape index (κ2) is 6.44. The normalized spacial score (nSPS) is 10.2. The summed E-state index contributed by atoms with van der Waals surface area (Å²) in [6.45, 7) is 0. The summed E-state index contributed by atoms with van der Waals surface area (Å²) in [6, 6.07) is 9.81. The molecule has 4 nitrogen and oxygen atoms in total. The first-order valence-electron chi connectivity index (χ1n) is 5.70. The summed E-state index contributed by atoms with van der Waals surface area (Å²) < 4.78 is 0. The quantitative estimate of drug-likeness (QED) is 0.407. The second-order valence-corrected chi connectivity index (χ2v) is 5.53. The number of halogens is 3. The summed E-state index contributed by atoms with van der Waals surface area (Å²) in [5.74, 6) is 0. The molecule has 2 rings (SSSR count). The van der Waals surface area contributed by atoms with Crippen molar-refractivity contribution in [3.05, 3.63) is 61.6 Å². The zero-order valence-electron chi connectivity index (χ0n) is 10.4. The van der Waals surface area contributed by atoms with E-state index >= 15 is 0 Å². The van der Waals surface area contributed by atoms with E-state index in [1.165, 1.54) is 12.1 Å². The molecule has 0 N–H and O–H groups in total. The topological polar surface area (TPSA) is 66.9 Å². The standard InChI is InChI=1S/C14H7BrCl2N2O2/c15-6-9-2-1-8(3-10(9)7-18)14-12(16)4-11(19(20)21)5-13(14)17/h1-5H,6H2. The molecule has 0 spiro atoms. The third kappa shape index (κ3) is 3.18. The van der Waals surface area contributed by atoms with Gasteiger partial charge in [-0.3, -0.25) is 10.1 Å². The first-order chi connectivity index (χ1) is 9.97. The Kier molecular flexibility index (Phi) is 4.84. The predicted octanol–water partition coefficient (Wildman–Crippen LogP) is 5.34. The van der Waals surface area contributed by atoms with Gasteiger partial charge in [0.05, 0.1) is 26.6 Å². The van der Waals surface area contributed by atoms with Gasteiger partial charge < -0.3 is 0 Å². The van der Waals surface area contributed by atoms with Crippen LogP contribution in [0, 0.1) is 21.4 Å². The van der Waals surface area contributed by atoms with Crippen molar-refractivity contribution in [3.8, 4) is 17.2 Å². The van der Waals surface area contributed by atoms with Gasteiger partial charge in [0.1, 0.15) is 0 Å². The summed E-state index contributed by atoms with van der Waals surface area (Å²) in [4.78, 5) is 10.2. The highest BCUT2D eigenvalue weighted by molar-refractivity contribution is 9.08. The highest BCUT2D eigenvalue weighted by Crippen LogP contribution is 2.38. The summed E-state index contributed by atoms with van der Waals surface area (Å²) in [6.07, 6.45) is 0. The van der Waals surface area contributed by atoms with Crippen molar-refractivity contribution in [1.29, 1.82) is 5.26 Å². The molecule has 0 heterocycles. The summed E-state index contributed by atoms with van der Waals surface area (Å²) >= 11 is 15.5. The van der Waals surface area contributed by atoms with Gasteiger partial charge >= 0.3 is 0 Å². The lowest BCUT2D eigenvalue weighted by Crippen LogP contribution is -1.92. The Morgan fingerprint density at radius 2 is 1.86 bits per heavy atom. The van der Waals surface area contributed by atoms with Gasteiger partial charge in [0.15, 0.2) is 0 Å².